The van der Waals surface area contributed by atoms with Gasteiger partial charge in [0.1, 0.15) is 0 Å². The molecule has 0 radical (unpaired) electrons. The molecule has 1 aromatic carbocycles. The Balaban J connectivity index is 1.66. The monoisotopic (exact) mass is 280 g/mol. The fraction of sp³-hybridized carbons (Fsp3) is 0.333. The molecule has 1 aromatic heterocycles. The largest absolute Gasteiger partial charge is 0.351 e. The van der Waals surface area contributed by atoms with Crippen LogP contribution < -0.4 is 5.32 Å². The summed E-state index contributed by atoms with van der Waals surface area (Å²) in [4.78, 5) is 16.3. The van der Waals surface area contributed by atoms with Gasteiger partial charge in [-0.05, 0) is 49.4 Å². The van der Waals surface area contributed by atoms with Crippen LogP contribution in [0, 0.1) is 6.92 Å². The predicted molar refractivity (Wildman–Crippen MR) is 83.4 cm³/mol. The van der Waals surface area contributed by atoms with E-state index in [1.165, 1.54) is 17.5 Å². The molecule has 108 valence electrons. The number of benzene rings is 1. The maximum atomic E-state index is 12.2. The van der Waals surface area contributed by atoms with E-state index in [1.54, 1.807) is 6.20 Å². The molecular weight excluding hydrogens is 260 g/mol. The van der Waals surface area contributed by atoms with Crippen LogP contribution in [0.3, 0.4) is 0 Å². The highest BCUT2D eigenvalue weighted by Gasteiger charge is 2.20. The first-order valence-corrected chi connectivity index (χ1v) is 7.52. The van der Waals surface area contributed by atoms with Crippen LogP contribution in [-0.2, 0) is 6.42 Å². The van der Waals surface area contributed by atoms with Crippen LogP contribution in [0.1, 0.15) is 45.9 Å². The molecule has 3 heteroatoms. The zero-order valence-electron chi connectivity index (χ0n) is 12.3. The maximum absolute atomic E-state index is 12.2. The Hall–Kier alpha value is -2.16. The Kier molecular flexibility index (Phi) is 4.00. The summed E-state index contributed by atoms with van der Waals surface area (Å²) in [6.07, 6.45) is 5.13. The van der Waals surface area contributed by atoms with Crippen LogP contribution in [0.4, 0.5) is 0 Å². The van der Waals surface area contributed by atoms with Gasteiger partial charge in [0.2, 0.25) is 0 Å². The van der Waals surface area contributed by atoms with E-state index in [9.17, 15) is 4.79 Å². The van der Waals surface area contributed by atoms with Gasteiger partial charge in [0.25, 0.3) is 5.91 Å². The van der Waals surface area contributed by atoms with E-state index in [0.29, 0.717) is 18.0 Å². The minimum Gasteiger partial charge on any atom is -0.351 e. The summed E-state index contributed by atoms with van der Waals surface area (Å²) in [6, 6.07) is 12.3. The molecule has 2 aromatic rings. The maximum Gasteiger partial charge on any atom is 0.252 e. The fourth-order valence-corrected chi connectivity index (χ4v) is 2.99. The molecule has 0 spiro atoms. The van der Waals surface area contributed by atoms with E-state index in [-0.39, 0.29) is 5.91 Å². The first kappa shape index (κ1) is 13.8. The van der Waals surface area contributed by atoms with Crippen molar-refractivity contribution in [1.82, 2.24) is 10.3 Å². The number of nitrogens with zero attached hydrogens (tertiary/aromatic N) is 1. The number of amides is 1. The number of aryl methyl sites for hydroxylation is 2. The number of pyridine rings is 1. The van der Waals surface area contributed by atoms with Crippen molar-refractivity contribution in [2.75, 3.05) is 6.54 Å². The summed E-state index contributed by atoms with van der Waals surface area (Å²) in [7, 11) is 0. The van der Waals surface area contributed by atoms with Crippen molar-refractivity contribution in [3.8, 4) is 0 Å². The van der Waals surface area contributed by atoms with Gasteiger partial charge >= 0.3 is 0 Å². The average Bonchev–Trinajstić information content (AvgIpc) is 2.53. The average molecular weight is 280 g/mol. The van der Waals surface area contributed by atoms with Crippen LogP contribution in [-0.4, -0.2) is 17.4 Å². The number of carbonyl (C=O) groups excluding carboxylic acids is 1. The molecule has 1 aliphatic carbocycles. The van der Waals surface area contributed by atoms with Crippen molar-refractivity contribution < 1.29 is 4.79 Å². The molecule has 1 amide bonds. The number of aromatic nitrogens is 1. The van der Waals surface area contributed by atoms with Gasteiger partial charge in [-0.1, -0.05) is 24.3 Å². The van der Waals surface area contributed by atoms with Crippen LogP contribution in [0.2, 0.25) is 0 Å². The van der Waals surface area contributed by atoms with E-state index in [0.717, 1.165) is 18.5 Å². The first-order chi connectivity index (χ1) is 10.2. The lowest BCUT2D eigenvalue weighted by molar-refractivity contribution is 0.0950. The minimum absolute atomic E-state index is 0.0365. The van der Waals surface area contributed by atoms with Gasteiger partial charge in [-0.3, -0.25) is 9.78 Å². The summed E-state index contributed by atoms with van der Waals surface area (Å²) >= 11 is 0. The fourth-order valence-electron chi connectivity index (χ4n) is 2.99. The van der Waals surface area contributed by atoms with E-state index < -0.39 is 0 Å². The SMILES string of the molecule is Cc1ccc(C(=O)NC[C@@H]2CCCc3ccccc32)cn1. The molecule has 1 heterocycles. The highest BCUT2D eigenvalue weighted by atomic mass is 16.1. The van der Waals surface area contributed by atoms with E-state index in [1.807, 2.05) is 19.1 Å². The molecular formula is C18H20N2O. The molecule has 0 unspecified atom stereocenters. The third-order valence-corrected chi connectivity index (χ3v) is 4.18. The molecule has 1 N–H and O–H groups in total. The van der Waals surface area contributed by atoms with Crippen LogP contribution >= 0.6 is 0 Å². The summed E-state index contributed by atoms with van der Waals surface area (Å²) in [5.41, 5.74) is 4.38. The Labute approximate surface area is 125 Å². The zero-order valence-corrected chi connectivity index (χ0v) is 12.3. The molecule has 0 saturated carbocycles. The Bertz CT molecular complexity index is 634. The van der Waals surface area contributed by atoms with E-state index in [4.69, 9.17) is 0 Å². The third-order valence-electron chi connectivity index (χ3n) is 4.18. The standard InChI is InChI=1S/C18H20N2O/c1-13-9-10-16(12-19-13)18(21)20-11-15-7-4-6-14-5-2-3-8-17(14)15/h2-3,5,8-10,12,15H,4,6-7,11H2,1H3,(H,20,21)/t15-/m0/s1. The molecule has 0 fully saturated rings. The van der Waals surface area contributed by atoms with Crippen molar-refractivity contribution in [1.29, 1.82) is 0 Å². The third kappa shape index (κ3) is 3.13. The molecule has 1 atom stereocenters. The topological polar surface area (TPSA) is 42.0 Å². The van der Waals surface area contributed by atoms with Gasteiger partial charge in [-0.15, -0.1) is 0 Å². The van der Waals surface area contributed by atoms with Crippen molar-refractivity contribution in [2.24, 2.45) is 0 Å². The second-order valence-corrected chi connectivity index (χ2v) is 5.69. The summed E-state index contributed by atoms with van der Waals surface area (Å²) < 4.78 is 0. The van der Waals surface area contributed by atoms with Gasteiger partial charge in [0, 0.05) is 24.4 Å². The zero-order chi connectivity index (χ0) is 14.7. The molecule has 3 rings (SSSR count). The minimum atomic E-state index is -0.0365. The predicted octanol–water partition coefficient (Wildman–Crippen LogP) is 3.24. The highest BCUT2D eigenvalue weighted by molar-refractivity contribution is 5.93. The number of nitrogens with one attached hydrogen (secondary N) is 1. The van der Waals surface area contributed by atoms with Crippen LogP contribution in [0.15, 0.2) is 42.6 Å². The van der Waals surface area contributed by atoms with E-state index >= 15 is 0 Å². The van der Waals surface area contributed by atoms with E-state index in [2.05, 4.69) is 34.6 Å². The summed E-state index contributed by atoms with van der Waals surface area (Å²) in [5, 5.41) is 3.05. The van der Waals surface area contributed by atoms with Gasteiger partial charge in [-0.25, -0.2) is 0 Å². The number of hydrogen-bond donors (Lipinski definition) is 1. The van der Waals surface area contributed by atoms with Crippen molar-refractivity contribution in [3.05, 3.63) is 65.0 Å². The Morgan fingerprint density at radius 3 is 2.95 bits per heavy atom. The summed E-state index contributed by atoms with van der Waals surface area (Å²) in [6.45, 7) is 2.62. The molecule has 0 aliphatic heterocycles. The smallest absolute Gasteiger partial charge is 0.252 e. The first-order valence-electron chi connectivity index (χ1n) is 7.52. The highest BCUT2D eigenvalue weighted by Crippen LogP contribution is 2.30. The van der Waals surface area contributed by atoms with Gasteiger partial charge in [0.15, 0.2) is 0 Å². The molecule has 21 heavy (non-hydrogen) atoms. The number of rotatable bonds is 3. The molecule has 1 aliphatic rings. The second kappa shape index (κ2) is 6.08. The normalized spacial score (nSPS) is 17.1. The molecule has 0 saturated heterocycles. The van der Waals surface area contributed by atoms with Crippen molar-refractivity contribution in [2.45, 2.75) is 32.1 Å². The van der Waals surface area contributed by atoms with Crippen molar-refractivity contribution >= 4 is 5.91 Å². The number of hydrogen-bond acceptors (Lipinski definition) is 2. The second-order valence-electron chi connectivity index (χ2n) is 5.69. The van der Waals surface area contributed by atoms with Gasteiger partial charge < -0.3 is 5.32 Å². The van der Waals surface area contributed by atoms with Crippen LogP contribution in [0.5, 0.6) is 0 Å². The quantitative estimate of drug-likeness (QED) is 0.937. The summed E-state index contributed by atoms with van der Waals surface area (Å²) in [5.74, 6) is 0.392. The lowest BCUT2D eigenvalue weighted by Crippen LogP contribution is -2.30. The van der Waals surface area contributed by atoms with Gasteiger partial charge in [0.05, 0.1) is 5.56 Å². The van der Waals surface area contributed by atoms with Crippen molar-refractivity contribution in [3.63, 3.8) is 0 Å². The number of fused-ring (bicyclic) bond motifs is 1. The molecule has 0 bridgehead atoms. The Morgan fingerprint density at radius 1 is 1.29 bits per heavy atom. The Morgan fingerprint density at radius 2 is 2.14 bits per heavy atom. The lowest BCUT2D eigenvalue weighted by Gasteiger charge is -2.25. The van der Waals surface area contributed by atoms with Gasteiger partial charge in [-0.2, -0.15) is 0 Å². The lowest BCUT2D eigenvalue weighted by atomic mass is 9.83. The van der Waals surface area contributed by atoms with Crippen LogP contribution in [0.25, 0.3) is 0 Å². The number of carbonyl (C=O) groups is 1. The molecule has 3 nitrogen and oxygen atoms in total.